The number of rotatable bonds is 8. The van der Waals surface area contributed by atoms with Gasteiger partial charge in [-0.2, -0.15) is 8.42 Å². The summed E-state index contributed by atoms with van der Waals surface area (Å²) in [6.07, 6.45) is 0.120. The van der Waals surface area contributed by atoms with Gasteiger partial charge in [-0.05, 0) is 32.0 Å². The monoisotopic (exact) mass is 477 g/mol. The zero-order valence-corrected chi connectivity index (χ0v) is 20.3. The van der Waals surface area contributed by atoms with E-state index < -0.39 is 16.2 Å². The lowest BCUT2D eigenvalue weighted by atomic mass is 10.0. The van der Waals surface area contributed by atoms with Gasteiger partial charge in [-0.15, -0.1) is 0 Å². The van der Waals surface area contributed by atoms with E-state index in [9.17, 15) is 18.3 Å². The molecule has 0 aliphatic carbocycles. The van der Waals surface area contributed by atoms with E-state index in [2.05, 4.69) is 5.32 Å². The van der Waals surface area contributed by atoms with Crippen molar-refractivity contribution < 1.29 is 32.0 Å². The summed E-state index contributed by atoms with van der Waals surface area (Å²) >= 11 is 0. The Bertz CT molecular complexity index is 1170. The first-order valence-electron chi connectivity index (χ1n) is 10.5. The molecule has 1 unspecified atom stereocenters. The Morgan fingerprint density at radius 3 is 2.30 bits per heavy atom. The zero-order chi connectivity index (χ0) is 24.8. The van der Waals surface area contributed by atoms with Crippen LogP contribution in [0.4, 0.5) is 0 Å². The average molecular weight is 478 g/mol. The summed E-state index contributed by atoms with van der Waals surface area (Å²) in [7, 11) is -3.67. The Labute approximate surface area is 194 Å². The highest BCUT2D eigenvalue weighted by molar-refractivity contribution is 7.85. The van der Waals surface area contributed by atoms with Gasteiger partial charge in [0, 0.05) is 29.1 Å². The van der Waals surface area contributed by atoms with E-state index in [0.29, 0.717) is 41.5 Å². The predicted molar refractivity (Wildman–Crippen MR) is 128 cm³/mol. The summed E-state index contributed by atoms with van der Waals surface area (Å²) in [4.78, 5) is 12.8. The number of ether oxygens (including phenoxy) is 1. The van der Waals surface area contributed by atoms with Crippen molar-refractivity contribution >= 4 is 26.9 Å². The minimum Gasteiger partial charge on any atom is -0.491 e. The maximum atomic E-state index is 12.8. The van der Waals surface area contributed by atoms with Crippen molar-refractivity contribution in [2.24, 2.45) is 0 Å². The van der Waals surface area contributed by atoms with Crippen molar-refractivity contribution in [1.82, 2.24) is 5.32 Å². The fraction of sp³-hybridized carbons (Fsp3) is 0.375. The van der Waals surface area contributed by atoms with Crippen LogP contribution in [0.15, 0.2) is 46.9 Å². The highest BCUT2D eigenvalue weighted by Crippen LogP contribution is 2.30. The Morgan fingerprint density at radius 2 is 1.73 bits per heavy atom. The molecule has 1 atom stereocenters. The summed E-state index contributed by atoms with van der Waals surface area (Å²) < 4.78 is 37.4. The van der Waals surface area contributed by atoms with Crippen molar-refractivity contribution in [3.05, 3.63) is 64.9 Å². The zero-order valence-electron chi connectivity index (χ0n) is 19.5. The van der Waals surface area contributed by atoms with Crippen LogP contribution in [-0.2, 0) is 10.1 Å². The normalized spacial score (nSPS) is 12.4. The minimum atomic E-state index is -3.67. The number of hydrogen-bond donors (Lipinski definition) is 3. The van der Waals surface area contributed by atoms with Crippen molar-refractivity contribution in [1.29, 1.82) is 0 Å². The first-order chi connectivity index (χ1) is 15.3. The minimum absolute atomic E-state index is 0.133. The van der Waals surface area contributed by atoms with Crippen LogP contribution in [0.2, 0.25) is 0 Å². The van der Waals surface area contributed by atoms with Gasteiger partial charge < -0.3 is 19.6 Å². The molecule has 8 nitrogen and oxygen atoms in total. The second-order valence-corrected chi connectivity index (χ2v) is 9.64. The second kappa shape index (κ2) is 11.4. The van der Waals surface area contributed by atoms with Gasteiger partial charge in [-0.25, -0.2) is 0 Å². The molecule has 180 valence electrons. The molecule has 0 aliphatic heterocycles. The molecule has 0 saturated heterocycles. The standard InChI is InChI=1S/C23H27NO4.CH4O3S/c1-14(2)24-12-18(25)13-27-19-9-10-21-20(11-19)16(4)23(28-21)22(26)17-7-5-15(3)6-8-17;1-5(2,3)4/h5-11,14,18,24-25H,12-13H2,1-4H3;1H3,(H,2,3,4). The number of nitrogens with one attached hydrogen (secondary N) is 1. The Hall–Kier alpha value is -2.72. The average Bonchev–Trinajstić information content (AvgIpc) is 3.05. The SMILES string of the molecule is CS(=O)(=O)O.Cc1ccc(C(=O)c2oc3ccc(OCC(O)CNC(C)C)cc3c2C)cc1. The van der Waals surface area contributed by atoms with Crippen LogP contribution >= 0.6 is 0 Å². The van der Waals surface area contributed by atoms with Gasteiger partial charge in [-0.1, -0.05) is 43.7 Å². The largest absolute Gasteiger partial charge is 0.491 e. The highest BCUT2D eigenvalue weighted by atomic mass is 32.2. The molecule has 1 aromatic heterocycles. The smallest absolute Gasteiger partial charge is 0.261 e. The third kappa shape index (κ3) is 8.62. The first-order valence-corrected chi connectivity index (χ1v) is 12.3. The summed E-state index contributed by atoms with van der Waals surface area (Å²) in [6.45, 7) is 8.57. The Kier molecular flexibility index (Phi) is 9.18. The van der Waals surface area contributed by atoms with E-state index in [0.717, 1.165) is 16.5 Å². The van der Waals surface area contributed by atoms with E-state index in [-0.39, 0.29) is 12.4 Å². The number of furan rings is 1. The highest BCUT2D eigenvalue weighted by Gasteiger charge is 2.19. The van der Waals surface area contributed by atoms with Crippen LogP contribution in [0.3, 0.4) is 0 Å². The third-order valence-electron chi connectivity index (χ3n) is 4.63. The number of aliphatic hydroxyl groups is 1. The summed E-state index contributed by atoms with van der Waals surface area (Å²) in [5.41, 5.74) is 3.13. The molecule has 3 aromatic rings. The molecule has 0 radical (unpaired) electrons. The van der Waals surface area contributed by atoms with Gasteiger partial charge in [0.05, 0.1) is 6.26 Å². The van der Waals surface area contributed by atoms with Crippen LogP contribution in [0.1, 0.15) is 41.1 Å². The third-order valence-corrected chi connectivity index (χ3v) is 4.63. The number of carbonyl (C=O) groups excluding carboxylic acids is 1. The van der Waals surface area contributed by atoms with Crippen molar-refractivity contribution in [2.75, 3.05) is 19.4 Å². The molecule has 0 aliphatic rings. The molecule has 0 fully saturated rings. The molecule has 33 heavy (non-hydrogen) atoms. The van der Waals surface area contributed by atoms with Crippen molar-refractivity contribution in [2.45, 2.75) is 39.8 Å². The predicted octanol–water partition coefficient (Wildman–Crippen LogP) is 3.52. The number of aryl methyl sites for hydroxylation is 2. The molecule has 0 amide bonds. The first kappa shape index (κ1) is 26.5. The van der Waals surface area contributed by atoms with Crippen molar-refractivity contribution in [3.8, 4) is 5.75 Å². The molecule has 0 bridgehead atoms. The van der Waals surface area contributed by atoms with Crippen LogP contribution in [0, 0.1) is 13.8 Å². The maximum Gasteiger partial charge on any atom is 0.261 e. The summed E-state index contributed by atoms with van der Waals surface area (Å²) in [5, 5.41) is 14.0. The lowest BCUT2D eigenvalue weighted by molar-refractivity contribution is 0.101. The second-order valence-electron chi connectivity index (χ2n) is 8.17. The molecular weight excluding hydrogens is 446 g/mol. The van der Waals surface area contributed by atoms with E-state index in [1.54, 1.807) is 12.1 Å². The van der Waals surface area contributed by atoms with Gasteiger partial charge in [0.15, 0.2) is 5.76 Å². The van der Waals surface area contributed by atoms with Crippen LogP contribution in [-0.4, -0.2) is 55.4 Å². The summed E-state index contributed by atoms with van der Waals surface area (Å²) in [6, 6.07) is 13.2. The molecule has 3 rings (SSSR count). The van der Waals surface area contributed by atoms with Crippen LogP contribution in [0.5, 0.6) is 5.75 Å². The quantitative estimate of drug-likeness (QED) is 0.332. The lowest BCUT2D eigenvalue weighted by Gasteiger charge is -2.15. The van der Waals surface area contributed by atoms with E-state index in [1.807, 2.05) is 58.0 Å². The van der Waals surface area contributed by atoms with Gasteiger partial charge in [0.2, 0.25) is 5.78 Å². The van der Waals surface area contributed by atoms with Gasteiger partial charge in [0.1, 0.15) is 24.0 Å². The number of benzene rings is 2. The fourth-order valence-electron chi connectivity index (χ4n) is 2.97. The van der Waals surface area contributed by atoms with Gasteiger partial charge in [0.25, 0.3) is 10.1 Å². The number of carbonyl (C=O) groups is 1. The number of hydrogen-bond acceptors (Lipinski definition) is 7. The van der Waals surface area contributed by atoms with Gasteiger partial charge in [-0.3, -0.25) is 9.35 Å². The molecule has 2 aromatic carbocycles. The molecular formula is C24H31NO7S. The van der Waals surface area contributed by atoms with Crippen molar-refractivity contribution in [3.63, 3.8) is 0 Å². The Morgan fingerprint density at radius 1 is 1.12 bits per heavy atom. The molecule has 0 spiro atoms. The lowest BCUT2D eigenvalue weighted by Crippen LogP contribution is -2.35. The van der Waals surface area contributed by atoms with E-state index in [1.165, 1.54) is 0 Å². The van der Waals surface area contributed by atoms with E-state index in [4.69, 9.17) is 13.7 Å². The summed E-state index contributed by atoms with van der Waals surface area (Å²) in [5.74, 6) is 0.845. The van der Waals surface area contributed by atoms with Crippen LogP contribution < -0.4 is 10.1 Å². The van der Waals surface area contributed by atoms with E-state index >= 15 is 0 Å². The fourth-order valence-corrected chi connectivity index (χ4v) is 2.97. The number of aliphatic hydroxyl groups excluding tert-OH is 1. The topological polar surface area (TPSA) is 126 Å². The van der Waals surface area contributed by atoms with Gasteiger partial charge >= 0.3 is 0 Å². The molecule has 0 saturated carbocycles. The molecule has 3 N–H and O–H groups in total. The maximum absolute atomic E-state index is 12.8. The number of ketones is 1. The van der Waals surface area contributed by atoms with Crippen LogP contribution in [0.25, 0.3) is 11.0 Å². The molecule has 9 heteroatoms. The molecule has 1 heterocycles. The Balaban J connectivity index is 0.000000696. The number of fused-ring (bicyclic) bond motifs is 1.